The van der Waals surface area contributed by atoms with E-state index in [4.69, 9.17) is 24.1 Å². The molecule has 3 atom stereocenters. The first-order valence-electron chi connectivity index (χ1n) is 16.1. The minimum Gasteiger partial charge on any atom is -0.481 e. The molecule has 3 saturated heterocycles. The van der Waals surface area contributed by atoms with Crippen molar-refractivity contribution in [1.29, 1.82) is 0 Å². The number of carbonyl (C=O) groups is 2. The summed E-state index contributed by atoms with van der Waals surface area (Å²) in [6, 6.07) is 24.0. The number of aliphatic hydroxyl groups excluding tert-OH is 1. The number of nitrogens with one attached hydrogen (secondary N) is 1. The van der Waals surface area contributed by atoms with Crippen LogP contribution in [0.2, 0.25) is 0 Å². The lowest BCUT2D eigenvalue weighted by Gasteiger charge is -2.41. The van der Waals surface area contributed by atoms with Gasteiger partial charge in [0.05, 0.1) is 38.4 Å². The maximum atomic E-state index is 12.0. The molecule has 244 valence electrons. The number of amides is 1. The van der Waals surface area contributed by atoms with E-state index >= 15 is 0 Å². The zero-order valence-electron chi connectivity index (χ0n) is 25.9. The summed E-state index contributed by atoms with van der Waals surface area (Å²) in [7, 11) is 0. The van der Waals surface area contributed by atoms with Crippen LogP contribution in [0.4, 0.5) is 0 Å². The minimum absolute atomic E-state index is 0.000724. The molecule has 0 radical (unpaired) electrons. The molecule has 1 spiro atoms. The highest BCUT2D eigenvalue weighted by Gasteiger charge is 2.41. The predicted octanol–water partition coefficient (Wildman–Crippen LogP) is 4.71. The molecule has 3 aliphatic heterocycles. The van der Waals surface area contributed by atoms with Crippen molar-refractivity contribution in [3.05, 3.63) is 95.1 Å². The van der Waals surface area contributed by atoms with Crippen molar-refractivity contribution in [2.24, 2.45) is 0 Å². The van der Waals surface area contributed by atoms with Crippen LogP contribution in [0.1, 0.15) is 66.8 Å². The molecule has 6 rings (SSSR count). The molecule has 3 heterocycles. The second kappa shape index (κ2) is 14.8. The van der Waals surface area contributed by atoms with E-state index in [1.807, 2.05) is 72.8 Å². The number of nitrogens with zero attached hydrogens (tertiary/aromatic N) is 1. The molecule has 10 heteroatoms. The van der Waals surface area contributed by atoms with E-state index in [0.717, 1.165) is 72.3 Å². The van der Waals surface area contributed by atoms with Crippen molar-refractivity contribution in [1.82, 2.24) is 10.2 Å². The summed E-state index contributed by atoms with van der Waals surface area (Å²) >= 11 is 0. The van der Waals surface area contributed by atoms with Gasteiger partial charge in [-0.05, 0) is 33.9 Å². The number of hydrogen-bond acceptors (Lipinski definition) is 8. The third kappa shape index (κ3) is 8.19. The van der Waals surface area contributed by atoms with Crippen LogP contribution in [-0.2, 0) is 41.7 Å². The Balaban J connectivity index is 1.13. The van der Waals surface area contributed by atoms with E-state index in [1.165, 1.54) is 0 Å². The lowest BCUT2D eigenvalue weighted by molar-refractivity contribution is -0.255. The van der Waals surface area contributed by atoms with Gasteiger partial charge in [0.15, 0.2) is 12.1 Å². The molecule has 3 aliphatic rings. The molecule has 3 N–H and O–H groups in total. The highest BCUT2D eigenvalue weighted by molar-refractivity contribution is 5.80. The second-order valence-corrected chi connectivity index (χ2v) is 12.3. The fourth-order valence-corrected chi connectivity index (χ4v) is 6.39. The molecule has 1 amide bonds. The van der Waals surface area contributed by atoms with Crippen LogP contribution in [0.3, 0.4) is 0 Å². The minimum atomic E-state index is -0.988. The average Bonchev–Trinajstić information content (AvgIpc) is 3.55. The van der Waals surface area contributed by atoms with Gasteiger partial charge in [0.25, 0.3) is 0 Å². The van der Waals surface area contributed by atoms with Gasteiger partial charge in [0.2, 0.25) is 5.91 Å². The number of likely N-dealkylation sites (tertiary alicyclic amines) is 1. The maximum Gasteiger partial charge on any atom is 0.303 e. The molecule has 10 nitrogen and oxygen atoms in total. The smallest absolute Gasteiger partial charge is 0.303 e. The zero-order valence-corrected chi connectivity index (χ0v) is 25.9. The Bertz CT molecular complexity index is 1460. The van der Waals surface area contributed by atoms with Gasteiger partial charge < -0.3 is 39.4 Å². The summed E-state index contributed by atoms with van der Waals surface area (Å²) in [6.07, 6.45) is 1.46. The van der Waals surface area contributed by atoms with Gasteiger partial charge >= 0.3 is 5.97 Å². The molecule has 46 heavy (non-hydrogen) atoms. The standard InChI is InChI=1S/C36H42N2O8/c39-24-25-4-6-28(7-5-25)32-21-31(23-38-16-14-36(15-17-38)43-18-19-44-36)45-35(46-32)29-10-8-27(9-11-29)30-3-1-2-26(20-30)22-37-33(40)12-13-34(41)42/h1-11,20,31-32,35,39H,12-19,21-24H2,(H,37,40)(H,41,42). The van der Waals surface area contributed by atoms with Crippen LogP contribution in [-0.4, -0.2) is 71.7 Å². The molecule has 3 aromatic rings. The lowest BCUT2D eigenvalue weighted by Crippen LogP contribution is -2.48. The Labute approximate surface area is 269 Å². The summed E-state index contributed by atoms with van der Waals surface area (Å²) in [5.74, 6) is -1.69. The number of rotatable bonds is 11. The number of carboxylic acids is 1. The number of benzene rings is 3. The van der Waals surface area contributed by atoms with Gasteiger partial charge in [0.1, 0.15) is 0 Å². The van der Waals surface area contributed by atoms with Crippen molar-refractivity contribution in [3.63, 3.8) is 0 Å². The van der Waals surface area contributed by atoms with Crippen LogP contribution in [0, 0.1) is 0 Å². The van der Waals surface area contributed by atoms with E-state index < -0.39 is 18.0 Å². The van der Waals surface area contributed by atoms with Crippen molar-refractivity contribution in [2.45, 2.75) is 69.5 Å². The van der Waals surface area contributed by atoms with Crippen LogP contribution in [0.15, 0.2) is 72.8 Å². The Morgan fingerprint density at radius 1 is 0.848 bits per heavy atom. The monoisotopic (exact) mass is 630 g/mol. The topological polar surface area (TPSA) is 127 Å². The second-order valence-electron chi connectivity index (χ2n) is 12.3. The van der Waals surface area contributed by atoms with Gasteiger partial charge in [-0.1, -0.05) is 66.7 Å². The molecular formula is C36H42N2O8. The Morgan fingerprint density at radius 3 is 2.26 bits per heavy atom. The zero-order chi connectivity index (χ0) is 31.9. The van der Waals surface area contributed by atoms with Crippen LogP contribution >= 0.6 is 0 Å². The van der Waals surface area contributed by atoms with Gasteiger partial charge in [-0.2, -0.15) is 0 Å². The van der Waals surface area contributed by atoms with Crippen LogP contribution in [0.5, 0.6) is 0 Å². The fraction of sp³-hybridized carbons (Fsp3) is 0.444. The number of carboxylic acid groups (broad SMARTS) is 1. The Morgan fingerprint density at radius 2 is 1.57 bits per heavy atom. The van der Waals surface area contributed by atoms with E-state index in [2.05, 4.69) is 10.2 Å². The number of carbonyl (C=O) groups excluding carboxylic acids is 1. The first-order chi connectivity index (χ1) is 22.4. The van der Waals surface area contributed by atoms with Gasteiger partial charge in [0, 0.05) is 57.4 Å². The van der Waals surface area contributed by atoms with Crippen molar-refractivity contribution < 1.29 is 38.7 Å². The van der Waals surface area contributed by atoms with E-state index in [0.29, 0.717) is 19.8 Å². The van der Waals surface area contributed by atoms with Crippen LogP contribution < -0.4 is 5.32 Å². The summed E-state index contributed by atoms with van der Waals surface area (Å²) in [5.41, 5.74) is 5.80. The molecular weight excluding hydrogens is 588 g/mol. The molecule has 0 bridgehead atoms. The highest BCUT2D eigenvalue weighted by Crippen LogP contribution is 2.39. The summed E-state index contributed by atoms with van der Waals surface area (Å²) < 4.78 is 25.0. The molecule has 3 fully saturated rings. The molecule has 0 aliphatic carbocycles. The predicted molar refractivity (Wildman–Crippen MR) is 169 cm³/mol. The fourth-order valence-electron chi connectivity index (χ4n) is 6.39. The summed E-state index contributed by atoms with van der Waals surface area (Å²) in [5, 5.41) is 21.1. The number of aliphatic carboxylic acids is 1. The first kappa shape index (κ1) is 32.3. The summed E-state index contributed by atoms with van der Waals surface area (Å²) in [6.45, 7) is 4.23. The molecule has 0 aromatic heterocycles. The lowest BCUT2D eigenvalue weighted by atomic mass is 9.98. The third-order valence-electron chi connectivity index (χ3n) is 9.01. The van der Waals surface area contributed by atoms with E-state index in [1.54, 1.807) is 0 Å². The molecule has 3 aromatic carbocycles. The highest BCUT2D eigenvalue weighted by atomic mass is 16.7. The maximum absolute atomic E-state index is 12.0. The SMILES string of the molecule is O=C(O)CCC(=O)NCc1cccc(-c2ccc(C3OC(CN4CCC5(CC4)OCCO5)CC(c4ccc(CO)cc4)O3)cc2)c1. The first-order valence-corrected chi connectivity index (χ1v) is 16.1. The molecule has 0 saturated carbocycles. The normalized spacial score (nSPS) is 22.9. The average molecular weight is 631 g/mol. The Hall–Kier alpha value is -3.64. The number of aliphatic hydroxyl groups is 1. The van der Waals surface area contributed by atoms with E-state index in [-0.39, 0.29) is 37.6 Å². The number of hydrogen-bond donors (Lipinski definition) is 3. The van der Waals surface area contributed by atoms with Crippen molar-refractivity contribution >= 4 is 11.9 Å². The Kier molecular flexibility index (Phi) is 10.4. The van der Waals surface area contributed by atoms with Gasteiger partial charge in [-0.15, -0.1) is 0 Å². The largest absolute Gasteiger partial charge is 0.481 e. The van der Waals surface area contributed by atoms with Gasteiger partial charge in [-0.25, -0.2) is 0 Å². The molecule has 3 unspecified atom stereocenters. The number of ether oxygens (including phenoxy) is 4. The summed E-state index contributed by atoms with van der Waals surface area (Å²) in [4.78, 5) is 25.1. The van der Waals surface area contributed by atoms with Gasteiger partial charge in [-0.3, -0.25) is 9.59 Å². The van der Waals surface area contributed by atoms with E-state index in [9.17, 15) is 14.7 Å². The van der Waals surface area contributed by atoms with Crippen molar-refractivity contribution in [3.8, 4) is 11.1 Å². The van der Waals surface area contributed by atoms with Crippen molar-refractivity contribution in [2.75, 3.05) is 32.8 Å². The number of piperidine rings is 1. The quantitative estimate of drug-likeness (QED) is 0.276. The third-order valence-corrected chi connectivity index (χ3v) is 9.01. The van der Waals surface area contributed by atoms with Crippen LogP contribution in [0.25, 0.3) is 11.1 Å².